The maximum Gasteiger partial charge on any atom is 0.259 e. The van der Waals surface area contributed by atoms with Gasteiger partial charge in [-0.25, -0.2) is 0 Å². The van der Waals surface area contributed by atoms with E-state index in [2.05, 4.69) is 35.1 Å². The number of likely N-dealkylation sites (tertiary alicyclic amines) is 1. The second-order valence-electron chi connectivity index (χ2n) is 7.38. The minimum atomic E-state index is -0.251. The van der Waals surface area contributed by atoms with Crippen LogP contribution in [0.3, 0.4) is 0 Å². The zero-order chi connectivity index (χ0) is 20.1. The predicted octanol–water partition coefficient (Wildman–Crippen LogP) is 4.97. The summed E-state index contributed by atoms with van der Waals surface area (Å²) in [5.74, 6) is 0.709. The fourth-order valence-corrected chi connectivity index (χ4v) is 3.42. The number of carbonyl (C=O) groups excluding carboxylic acids is 2. The van der Waals surface area contributed by atoms with Gasteiger partial charge in [-0.1, -0.05) is 29.8 Å². The number of hydrogen-bond donors (Lipinski definition) is 1. The van der Waals surface area contributed by atoms with Crippen molar-refractivity contribution in [1.29, 1.82) is 0 Å². The maximum atomic E-state index is 12.8. The smallest absolute Gasteiger partial charge is 0.259 e. The van der Waals surface area contributed by atoms with Gasteiger partial charge in [-0.3, -0.25) is 9.59 Å². The molecule has 2 aromatic rings. The van der Waals surface area contributed by atoms with Crippen molar-refractivity contribution in [3.63, 3.8) is 0 Å². The van der Waals surface area contributed by atoms with Crippen molar-refractivity contribution >= 4 is 33.4 Å². The zero-order valence-corrected chi connectivity index (χ0v) is 17.8. The van der Waals surface area contributed by atoms with Gasteiger partial charge in [0.15, 0.2) is 0 Å². The van der Waals surface area contributed by atoms with E-state index in [1.807, 2.05) is 11.0 Å². The number of nitrogens with one attached hydrogen (secondary N) is 1. The molecule has 1 aliphatic heterocycles. The van der Waals surface area contributed by atoms with Crippen LogP contribution in [0.5, 0.6) is 5.75 Å². The monoisotopic (exact) mass is 444 g/mol. The summed E-state index contributed by atoms with van der Waals surface area (Å²) < 4.78 is 6.59. The molecule has 0 spiro atoms. The Morgan fingerprint density at radius 2 is 1.79 bits per heavy atom. The van der Waals surface area contributed by atoms with E-state index < -0.39 is 0 Å². The van der Waals surface area contributed by atoms with Crippen LogP contribution in [0, 0.1) is 5.92 Å². The average Bonchev–Trinajstić information content (AvgIpc) is 3.21. The summed E-state index contributed by atoms with van der Waals surface area (Å²) in [6.07, 6.45) is 2.13. The van der Waals surface area contributed by atoms with Crippen molar-refractivity contribution in [3.05, 3.63) is 58.1 Å². The van der Waals surface area contributed by atoms with E-state index in [0.29, 0.717) is 35.1 Å². The first kappa shape index (κ1) is 20.4. The van der Waals surface area contributed by atoms with Crippen LogP contribution in [0.4, 0.5) is 5.69 Å². The van der Waals surface area contributed by atoms with Gasteiger partial charge in [0.1, 0.15) is 5.75 Å². The van der Waals surface area contributed by atoms with Gasteiger partial charge in [-0.15, -0.1) is 0 Å². The van der Waals surface area contributed by atoms with E-state index in [9.17, 15) is 9.59 Å². The standard InChI is InChI=1S/C22H25BrN2O3/c1-15(2)14-28-20-10-7-17(23)13-19(20)21(26)24-18-8-5-16(6-9-18)22(27)25-11-3-4-12-25/h5-10,13,15H,3-4,11-12,14H2,1-2H3,(H,24,26). The number of nitrogens with zero attached hydrogens (tertiary/aromatic N) is 1. The Morgan fingerprint density at radius 3 is 2.43 bits per heavy atom. The molecule has 1 heterocycles. The molecule has 0 atom stereocenters. The summed E-state index contributed by atoms with van der Waals surface area (Å²) in [5.41, 5.74) is 1.74. The van der Waals surface area contributed by atoms with Crippen LogP contribution in [0.2, 0.25) is 0 Å². The molecular formula is C22H25BrN2O3. The second kappa shape index (κ2) is 9.24. The van der Waals surface area contributed by atoms with Gasteiger partial charge in [-0.2, -0.15) is 0 Å². The summed E-state index contributed by atoms with van der Waals surface area (Å²) in [6.45, 7) is 6.29. The van der Waals surface area contributed by atoms with E-state index >= 15 is 0 Å². The number of hydrogen-bond acceptors (Lipinski definition) is 3. The summed E-state index contributed by atoms with van der Waals surface area (Å²) >= 11 is 3.41. The van der Waals surface area contributed by atoms with Gasteiger partial charge in [0.25, 0.3) is 11.8 Å². The number of carbonyl (C=O) groups is 2. The van der Waals surface area contributed by atoms with Crippen LogP contribution in [0.15, 0.2) is 46.9 Å². The summed E-state index contributed by atoms with van der Waals surface area (Å²) in [5, 5.41) is 2.88. The zero-order valence-electron chi connectivity index (χ0n) is 16.2. The van der Waals surface area contributed by atoms with Gasteiger partial charge in [-0.05, 0) is 61.2 Å². The molecule has 1 N–H and O–H groups in total. The Morgan fingerprint density at radius 1 is 1.11 bits per heavy atom. The van der Waals surface area contributed by atoms with E-state index in [-0.39, 0.29) is 11.8 Å². The molecular weight excluding hydrogens is 420 g/mol. The maximum absolute atomic E-state index is 12.8. The molecule has 5 nitrogen and oxygen atoms in total. The normalized spacial score (nSPS) is 13.6. The minimum absolute atomic E-state index is 0.0479. The van der Waals surface area contributed by atoms with Gasteiger partial charge in [0.05, 0.1) is 12.2 Å². The number of amides is 2. The third-order valence-corrected chi connectivity index (χ3v) is 5.03. The van der Waals surface area contributed by atoms with Gasteiger partial charge < -0.3 is 15.0 Å². The highest BCUT2D eigenvalue weighted by atomic mass is 79.9. The number of anilines is 1. The molecule has 3 rings (SSSR count). The Labute approximate surface area is 174 Å². The number of halogens is 1. The molecule has 28 heavy (non-hydrogen) atoms. The highest BCUT2D eigenvalue weighted by Gasteiger charge is 2.19. The fraction of sp³-hybridized carbons (Fsp3) is 0.364. The molecule has 0 saturated carbocycles. The molecule has 0 aromatic heterocycles. The molecule has 2 amide bonds. The highest BCUT2D eigenvalue weighted by molar-refractivity contribution is 9.10. The van der Waals surface area contributed by atoms with Crippen molar-refractivity contribution in [2.24, 2.45) is 5.92 Å². The third-order valence-electron chi connectivity index (χ3n) is 4.54. The third kappa shape index (κ3) is 5.13. The van der Waals surface area contributed by atoms with Gasteiger partial charge in [0, 0.05) is 28.8 Å². The van der Waals surface area contributed by atoms with Crippen LogP contribution >= 0.6 is 15.9 Å². The van der Waals surface area contributed by atoms with Crippen LogP contribution in [0.25, 0.3) is 0 Å². The van der Waals surface area contributed by atoms with Gasteiger partial charge >= 0.3 is 0 Å². The lowest BCUT2D eigenvalue weighted by Gasteiger charge is -2.16. The number of benzene rings is 2. The number of rotatable bonds is 6. The summed E-state index contributed by atoms with van der Waals surface area (Å²) in [7, 11) is 0. The van der Waals surface area contributed by atoms with Crippen LogP contribution in [-0.4, -0.2) is 36.4 Å². The Kier molecular flexibility index (Phi) is 6.73. The van der Waals surface area contributed by atoms with Crippen LogP contribution in [0.1, 0.15) is 47.4 Å². The minimum Gasteiger partial charge on any atom is -0.492 e. The highest BCUT2D eigenvalue weighted by Crippen LogP contribution is 2.25. The van der Waals surface area contributed by atoms with Crippen molar-refractivity contribution < 1.29 is 14.3 Å². The molecule has 0 aliphatic carbocycles. The Hall–Kier alpha value is -2.34. The SMILES string of the molecule is CC(C)COc1ccc(Br)cc1C(=O)Nc1ccc(C(=O)N2CCCC2)cc1. The van der Waals surface area contributed by atoms with Crippen LogP contribution < -0.4 is 10.1 Å². The first-order valence-corrected chi connectivity index (χ1v) is 10.4. The van der Waals surface area contributed by atoms with Gasteiger partial charge in [0.2, 0.25) is 0 Å². The first-order chi connectivity index (χ1) is 13.4. The van der Waals surface area contributed by atoms with Crippen molar-refractivity contribution in [3.8, 4) is 5.75 Å². The lowest BCUT2D eigenvalue weighted by molar-refractivity contribution is 0.0792. The quantitative estimate of drug-likeness (QED) is 0.683. The molecule has 1 aliphatic rings. The molecule has 1 saturated heterocycles. The molecule has 6 heteroatoms. The van der Waals surface area contributed by atoms with E-state index in [1.54, 1.807) is 36.4 Å². The summed E-state index contributed by atoms with van der Waals surface area (Å²) in [4.78, 5) is 27.1. The molecule has 0 radical (unpaired) electrons. The topological polar surface area (TPSA) is 58.6 Å². The molecule has 0 bridgehead atoms. The average molecular weight is 445 g/mol. The Bertz CT molecular complexity index is 843. The van der Waals surface area contributed by atoms with E-state index in [0.717, 1.165) is 30.4 Å². The van der Waals surface area contributed by atoms with Crippen molar-refractivity contribution in [2.45, 2.75) is 26.7 Å². The van der Waals surface area contributed by atoms with E-state index in [4.69, 9.17) is 4.74 Å². The predicted molar refractivity (Wildman–Crippen MR) is 114 cm³/mol. The second-order valence-corrected chi connectivity index (χ2v) is 8.29. The molecule has 148 valence electrons. The van der Waals surface area contributed by atoms with Crippen LogP contribution in [-0.2, 0) is 0 Å². The van der Waals surface area contributed by atoms with E-state index in [1.165, 1.54) is 0 Å². The van der Waals surface area contributed by atoms with Crippen molar-refractivity contribution in [1.82, 2.24) is 4.90 Å². The lowest BCUT2D eigenvalue weighted by atomic mass is 10.1. The largest absolute Gasteiger partial charge is 0.492 e. The number of ether oxygens (including phenoxy) is 1. The first-order valence-electron chi connectivity index (χ1n) is 9.57. The molecule has 0 unspecified atom stereocenters. The Balaban J connectivity index is 1.70. The fourth-order valence-electron chi connectivity index (χ4n) is 3.06. The summed E-state index contributed by atoms with van der Waals surface area (Å²) in [6, 6.07) is 12.4. The molecule has 1 fully saturated rings. The lowest BCUT2D eigenvalue weighted by Crippen LogP contribution is -2.27. The molecule has 2 aromatic carbocycles. The van der Waals surface area contributed by atoms with Crippen molar-refractivity contribution in [2.75, 3.05) is 25.0 Å².